The van der Waals surface area contributed by atoms with E-state index >= 15 is 0 Å². The predicted octanol–water partition coefficient (Wildman–Crippen LogP) is 3.45. The van der Waals surface area contributed by atoms with E-state index in [9.17, 15) is 0 Å². The van der Waals surface area contributed by atoms with Crippen LogP contribution in [0.15, 0.2) is 45.8 Å². The molecule has 3 aromatic rings. The van der Waals surface area contributed by atoms with Crippen LogP contribution in [0.3, 0.4) is 0 Å². The molecule has 2 heterocycles. The van der Waals surface area contributed by atoms with Gasteiger partial charge in [-0.3, -0.25) is 4.40 Å². The number of benzene rings is 1. The van der Waals surface area contributed by atoms with Gasteiger partial charge in [-0.15, -0.1) is 11.3 Å². The van der Waals surface area contributed by atoms with Gasteiger partial charge in [-0.25, -0.2) is 4.98 Å². The number of nitrogens with zero attached hydrogens (tertiary/aromatic N) is 2. The van der Waals surface area contributed by atoms with Crippen LogP contribution in [0.2, 0.25) is 0 Å². The maximum Gasteiger partial charge on any atom is 0.194 e. The maximum atomic E-state index is 5.98. The summed E-state index contributed by atoms with van der Waals surface area (Å²) in [7, 11) is 1.67. The van der Waals surface area contributed by atoms with Crippen LogP contribution in [0.25, 0.3) is 4.96 Å². The lowest BCUT2D eigenvalue weighted by molar-refractivity contribution is 0.414. The molecule has 0 saturated carbocycles. The van der Waals surface area contributed by atoms with Crippen molar-refractivity contribution in [1.29, 1.82) is 0 Å². The van der Waals surface area contributed by atoms with Crippen molar-refractivity contribution in [1.82, 2.24) is 9.38 Å². The van der Waals surface area contributed by atoms with Crippen LogP contribution in [0, 0.1) is 0 Å². The van der Waals surface area contributed by atoms with E-state index in [1.807, 2.05) is 31.2 Å². The summed E-state index contributed by atoms with van der Waals surface area (Å²) >= 11 is 3.31. The number of nitrogens with two attached hydrogens (primary N) is 1. The van der Waals surface area contributed by atoms with Crippen LogP contribution < -0.4 is 10.5 Å². The highest BCUT2D eigenvalue weighted by molar-refractivity contribution is 7.99. The van der Waals surface area contributed by atoms with Crippen LogP contribution in [0.4, 0.5) is 0 Å². The average Bonchev–Trinajstić information content (AvgIpc) is 3.03. The summed E-state index contributed by atoms with van der Waals surface area (Å²) in [5.74, 6) is 0.862. The summed E-state index contributed by atoms with van der Waals surface area (Å²) in [6.07, 6.45) is 2.87. The van der Waals surface area contributed by atoms with Crippen LogP contribution in [0.1, 0.15) is 12.6 Å². The molecule has 0 bridgehead atoms. The quantitative estimate of drug-likeness (QED) is 0.782. The number of fused-ring (bicyclic) bond motifs is 1. The van der Waals surface area contributed by atoms with Gasteiger partial charge in [0.2, 0.25) is 0 Å². The Morgan fingerprint density at radius 3 is 2.81 bits per heavy atom. The average molecular weight is 319 g/mol. The van der Waals surface area contributed by atoms with E-state index in [2.05, 4.69) is 16.0 Å². The number of rotatable bonds is 5. The predicted molar refractivity (Wildman–Crippen MR) is 87.5 cm³/mol. The second kappa shape index (κ2) is 6.09. The van der Waals surface area contributed by atoms with E-state index in [0.29, 0.717) is 0 Å². The Labute approximate surface area is 132 Å². The molecule has 3 rings (SSSR count). The molecular weight excluding hydrogens is 302 g/mol. The molecule has 0 aliphatic heterocycles. The third-order valence-electron chi connectivity index (χ3n) is 3.11. The zero-order valence-electron chi connectivity index (χ0n) is 11.9. The van der Waals surface area contributed by atoms with E-state index in [-0.39, 0.29) is 6.04 Å². The first-order valence-corrected chi connectivity index (χ1v) is 8.39. The van der Waals surface area contributed by atoms with E-state index in [1.165, 1.54) is 5.69 Å². The van der Waals surface area contributed by atoms with Crippen LogP contribution >= 0.6 is 23.1 Å². The first-order chi connectivity index (χ1) is 10.2. The van der Waals surface area contributed by atoms with Crippen molar-refractivity contribution >= 4 is 28.1 Å². The van der Waals surface area contributed by atoms with Crippen LogP contribution in [-0.4, -0.2) is 22.5 Å². The Bertz CT molecular complexity index is 731. The molecule has 6 heteroatoms. The molecule has 4 nitrogen and oxygen atoms in total. The van der Waals surface area contributed by atoms with Gasteiger partial charge in [-0.1, -0.05) is 11.8 Å². The smallest absolute Gasteiger partial charge is 0.194 e. The highest BCUT2D eigenvalue weighted by Gasteiger charge is 2.15. The Kier molecular flexibility index (Phi) is 4.19. The monoisotopic (exact) mass is 319 g/mol. The summed E-state index contributed by atoms with van der Waals surface area (Å²) in [6, 6.07) is 8.14. The molecule has 2 N–H and O–H groups in total. The van der Waals surface area contributed by atoms with Gasteiger partial charge in [0.05, 0.1) is 12.8 Å². The van der Waals surface area contributed by atoms with E-state index in [1.54, 1.807) is 30.2 Å². The number of hydrogen-bond acceptors (Lipinski definition) is 5. The number of hydrogen-bond donors (Lipinski definition) is 1. The van der Waals surface area contributed by atoms with Crippen molar-refractivity contribution in [3.8, 4) is 5.75 Å². The van der Waals surface area contributed by atoms with Gasteiger partial charge in [0.15, 0.2) is 4.96 Å². The van der Waals surface area contributed by atoms with Gasteiger partial charge in [-0.05, 0) is 31.2 Å². The van der Waals surface area contributed by atoms with Crippen molar-refractivity contribution in [2.24, 2.45) is 5.73 Å². The molecule has 1 atom stereocenters. The van der Waals surface area contributed by atoms with Crippen molar-refractivity contribution < 1.29 is 4.74 Å². The summed E-state index contributed by atoms with van der Waals surface area (Å²) in [4.78, 5) is 6.88. The summed E-state index contributed by atoms with van der Waals surface area (Å²) < 4.78 is 7.33. The molecule has 0 aliphatic carbocycles. The minimum atomic E-state index is 0.111. The molecule has 1 aromatic carbocycles. The fraction of sp³-hybridized carbons (Fsp3) is 0.267. The Hall–Kier alpha value is -1.50. The number of ether oxygens (including phenoxy) is 1. The highest BCUT2D eigenvalue weighted by atomic mass is 32.2. The summed E-state index contributed by atoms with van der Waals surface area (Å²) in [5.41, 5.74) is 7.16. The van der Waals surface area contributed by atoms with Gasteiger partial charge in [0, 0.05) is 28.9 Å². The third kappa shape index (κ3) is 3.07. The molecule has 0 saturated heterocycles. The van der Waals surface area contributed by atoms with E-state index < -0.39 is 0 Å². The third-order valence-corrected chi connectivity index (χ3v) is 4.90. The second-order valence-electron chi connectivity index (χ2n) is 4.88. The second-order valence-corrected chi connectivity index (χ2v) is 6.81. The van der Waals surface area contributed by atoms with Crippen molar-refractivity contribution in [2.75, 3.05) is 7.11 Å². The molecule has 21 heavy (non-hydrogen) atoms. The zero-order valence-corrected chi connectivity index (χ0v) is 13.6. The number of methoxy groups -OCH3 is 1. The Morgan fingerprint density at radius 2 is 2.14 bits per heavy atom. The fourth-order valence-corrected chi connectivity index (χ4v) is 3.86. The minimum absolute atomic E-state index is 0.111. The molecule has 0 aliphatic rings. The standard InChI is InChI=1S/C15H17N3OS2/c1-10(16)9-13-14(17-15-18(13)7-8-20-15)21-12-5-3-11(19-2)4-6-12/h3-8,10H,9,16H2,1-2H3. The molecule has 0 fully saturated rings. The Balaban J connectivity index is 1.92. The van der Waals surface area contributed by atoms with Gasteiger partial charge >= 0.3 is 0 Å². The van der Waals surface area contributed by atoms with E-state index in [0.717, 1.165) is 27.1 Å². The molecule has 0 radical (unpaired) electrons. The normalized spacial score (nSPS) is 12.7. The molecule has 110 valence electrons. The van der Waals surface area contributed by atoms with Crippen molar-refractivity contribution in [3.05, 3.63) is 41.5 Å². The van der Waals surface area contributed by atoms with Gasteiger partial charge in [0.1, 0.15) is 10.8 Å². The SMILES string of the molecule is COc1ccc(Sc2nc3sccn3c2CC(C)N)cc1. The van der Waals surface area contributed by atoms with Gasteiger partial charge in [-0.2, -0.15) is 0 Å². The molecule has 0 amide bonds. The topological polar surface area (TPSA) is 52.5 Å². The Morgan fingerprint density at radius 1 is 1.38 bits per heavy atom. The first kappa shape index (κ1) is 14.4. The molecule has 2 aromatic heterocycles. The van der Waals surface area contributed by atoms with Crippen molar-refractivity contribution in [3.63, 3.8) is 0 Å². The number of thiazole rings is 1. The fourth-order valence-electron chi connectivity index (χ4n) is 2.14. The highest BCUT2D eigenvalue weighted by Crippen LogP contribution is 2.33. The van der Waals surface area contributed by atoms with Crippen LogP contribution in [-0.2, 0) is 6.42 Å². The number of aromatic nitrogens is 2. The number of imidazole rings is 1. The maximum absolute atomic E-state index is 5.98. The van der Waals surface area contributed by atoms with E-state index in [4.69, 9.17) is 15.5 Å². The largest absolute Gasteiger partial charge is 0.497 e. The lowest BCUT2D eigenvalue weighted by Gasteiger charge is -2.07. The molecule has 0 spiro atoms. The lowest BCUT2D eigenvalue weighted by Crippen LogP contribution is -2.19. The van der Waals surface area contributed by atoms with Crippen molar-refractivity contribution in [2.45, 2.75) is 29.3 Å². The van der Waals surface area contributed by atoms with Crippen LogP contribution in [0.5, 0.6) is 5.75 Å². The minimum Gasteiger partial charge on any atom is -0.497 e. The molecule has 1 unspecified atom stereocenters. The molecular formula is C15H17N3OS2. The lowest BCUT2D eigenvalue weighted by atomic mass is 10.2. The summed E-state index contributed by atoms with van der Waals surface area (Å²) in [6.45, 7) is 2.02. The zero-order chi connectivity index (χ0) is 14.8. The first-order valence-electron chi connectivity index (χ1n) is 6.69. The van der Waals surface area contributed by atoms with Gasteiger partial charge in [0.25, 0.3) is 0 Å². The van der Waals surface area contributed by atoms with Gasteiger partial charge < -0.3 is 10.5 Å². The summed E-state index contributed by atoms with van der Waals surface area (Å²) in [5, 5.41) is 3.08.